The molecule has 78 valence electrons. The van der Waals surface area contributed by atoms with Crippen molar-refractivity contribution >= 4 is 17.5 Å². The van der Waals surface area contributed by atoms with E-state index in [0.717, 1.165) is 0 Å². The first-order valence-corrected chi connectivity index (χ1v) is 5.62. The summed E-state index contributed by atoms with van der Waals surface area (Å²) in [6.45, 7) is 3.65. The van der Waals surface area contributed by atoms with Crippen LogP contribution >= 0.6 is 11.8 Å². The van der Waals surface area contributed by atoms with E-state index in [1.54, 1.807) is 25.3 Å². The number of Topliss-reactive ketones (excluding diaryl/α,β-unsaturated/α-hetero) is 1. The molecule has 2 N–H and O–H groups in total. The number of aromatic amines is 1. The van der Waals surface area contributed by atoms with Crippen molar-refractivity contribution in [3.63, 3.8) is 0 Å². The van der Waals surface area contributed by atoms with Crippen molar-refractivity contribution < 1.29 is 9.90 Å². The van der Waals surface area contributed by atoms with Crippen LogP contribution in [0, 0.1) is 0 Å². The highest BCUT2D eigenvalue weighted by molar-refractivity contribution is 8.00. The van der Waals surface area contributed by atoms with Gasteiger partial charge in [0.1, 0.15) is 0 Å². The van der Waals surface area contributed by atoms with Crippen molar-refractivity contribution in [2.45, 2.75) is 25.2 Å². The molecule has 0 amide bonds. The van der Waals surface area contributed by atoms with Crippen LogP contribution in [0.15, 0.2) is 18.3 Å². The van der Waals surface area contributed by atoms with E-state index < -0.39 is 0 Å². The lowest BCUT2D eigenvalue weighted by molar-refractivity contribution is 0.101. The molecule has 4 heteroatoms. The SMILES string of the molecule is CC(O)C(C)SCC(=O)c1ccc[nH]1. The number of H-pyrrole nitrogens is 1. The van der Waals surface area contributed by atoms with E-state index >= 15 is 0 Å². The van der Waals surface area contributed by atoms with Gasteiger partial charge < -0.3 is 10.1 Å². The Labute approximate surface area is 87.9 Å². The van der Waals surface area contributed by atoms with Crippen LogP contribution in [0.4, 0.5) is 0 Å². The maximum atomic E-state index is 11.5. The summed E-state index contributed by atoms with van der Waals surface area (Å²) in [5.74, 6) is 0.486. The van der Waals surface area contributed by atoms with Crippen molar-refractivity contribution in [1.29, 1.82) is 0 Å². The van der Waals surface area contributed by atoms with E-state index in [0.29, 0.717) is 11.4 Å². The van der Waals surface area contributed by atoms with E-state index in [1.165, 1.54) is 11.8 Å². The molecule has 1 heterocycles. The molecule has 1 rings (SSSR count). The number of aliphatic hydroxyl groups excluding tert-OH is 1. The second-order valence-electron chi connectivity index (χ2n) is 3.26. The summed E-state index contributed by atoms with van der Waals surface area (Å²) < 4.78 is 0. The molecule has 14 heavy (non-hydrogen) atoms. The summed E-state index contributed by atoms with van der Waals surface area (Å²) >= 11 is 1.47. The Balaban J connectivity index is 2.36. The predicted molar refractivity (Wildman–Crippen MR) is 58.7 cm³/mol. The zero-order valence-electron chi connectivity index (χ0n) is 8.36. The molecule has 0 spiro atoms. The quantitative estimate of drug-likeness (QED) is 0.732. The second-order valence-corrected chi connectivity index (χ2v) is 4.63. The number of aliphatic hydroxyl groups is 1. The number of carbonyl (C=O) groups excluding carboxylic acids is 1. The van der Waals surface area contributed by atoms with Gasteiger partial charge in [0.25, 0.3) is 0 Å². The van der Waals surface area contributed by atoms with Gasteiger partial charge in [0, 0.05) is 11.4 Å². The highest BCUT2D eigenvalue weighted by atomic mass is 32.2. The normalized spacial score (nSPS) is 15.1. The van der Waals surface area contributed by atoms with Gasteiger partial charge in [-0.3, -0.25) is 4.79 Å². The first kappa shape index (κ1) is 11.3. The largest absolute Gasteiger partial charge is 0.392 e. The number of ketones is 1. The molecular weight excluding hydrogens is 198 g/mol. The summed E-state index contributed by atoms with van der Waals surface area (Å²) in [5, 5.41) is 9.32. The zero-order chi connectivity index (χ0) is 10.6. The van der Waals surface area contributed by atoms with Crippen LogP contribution in [0.5, 0.6) is 0 Å². The van der Waals surface area contributed by atoms with E-state index in [-0.39, 0.29) is 17.1 Å². The second kappa shape index (κ2) is 5.22. The lowest BCUT2D eigenvalue weighted by Gasteiger charge is -2.12. The van der Waals surface area contributed by atoms with E-state index in [2.05, 4.69) is 4.98 Å². The fourth-order valence-corrected chi connectivity index (χ4v) is 1.78. The predicted octanol–water partition coefficient (Wildman–Crippen LogP) is 1.70. The van der Waals surface area contributed by atoms with Crippen LogP contribution < -0.4 is 0 Å². The molecule has 1 aromatic heterocycles. The summed E-state index contributed by atoms with van der Waals surface area (Å²) in [6.07, 6.45) is 1.35. The monoisotopic (exact) mass is 213 g/mol. The Morgan fingerprint density at radius 1 is 1.64 bits per heavy atom. The fourth-order valence-electron chi connectivity index (χ4n) is 0.928. The van der Waals surface area contributed by atoms with Crippen LogP contribution in [0.2, 0.25) is 0 Å². The molecule has 0 bridgehead atoms. The summed E-state index contributed by atoms with van der Waals surface area (Å²) in [6, 6.07) is 3.56. The first-order chi connectivity index (χ1) is 6.61. The molecule has 0 radical (unpaired) electrons. The summed E-state index contributed by atoms with van der Waals surface area (Å²) in [5.41, 5.74) is 0.635. The first-order valence-electron chi connectivity index (χ1n) is 4.57. The lowest BCUT2D eigenvalue weighted by atomic mass is 10.3. The molecule has 0 fully saturated rings. The van der Waals surface area contributed by atoms with Gasteiger partial charge in [0.15, 0.2) is 5.78 Å². The van der Waals surface area contributed by atoms with Crippen molar-refractivity contribution in [3.05, 3.63) is 24.0 Å². The summed E-state index contributed by atoms with van der Waals surface area (Å²) in [7, 11) is 0. The van der Waals surface area contributed by atoms with Gasteiger partial charge in [-0.25, -0.2) is 0 Å². The van der Waals surface area contributed by atoms with Gasteiger partial charge in [-0.15, -0.1) is 11.8 Å². The summed E-state index contributed by atoms with van der Waals surface area (Å²) in [4.78, 5) is 14.4. The Hall–Kier alpha value is -0.740. The van der Waals surface area contributed by atoms with Gasteiger partial charge in [-0.05, 0) is 19.1 Å². The molecule has 0 aromatic carbocycles. The minimum absolute atomic E-state index is 0.0764. The highest BCUT2D eigenvalue weighted by Crippen LogP contribution is 2.15. The Kier molecular flexibility index (Phi) is 4.22. The molecule has 0 aliphatic rings. The smallest absolute Gasteiger partial charge is 0.188 e. The van der Waals surface area contributed by atoms with Crippen molar-refractivity contribution in [2.75, 3.05) is 5.75 Å². The number of hydrogen-bond donors (Lipinski definition) is 2. The fraction of sp³-hybridized carbons (Fsp3) is 0.500. The molecule has 0 aliphatic heterocycles. The van der Waals surface area contributed by atoms with Crippen LogP contribution in [0.25, 0.3) is 0 Å². The maximum absolute atomic E-state index is 11.5. The molecule has 1 aromatic rings. The van der Waals surface area contributed by atoms with Crippen molar-refractivity contribution in [1.82, 2.24) is 4.98 Å². The molecule has 2 unspecified atom stereocenters. The third-order valence-corrected chi connectivity index (χ3v) is 3.40. The topological polar surface area (TPSA) is 53.1 Å². The van der Waals surface area contributed by atoms with Crippen LogP contribution in [-0.2, 0) is 0 Å². The maximum Gasteiger partial charge on any atom is 0.188 e. The number of thioether (sulfide) groups is 1. The van der Waals surface area contributed by atoms with Crippen LogP contribution in [0.3, 0.4) is 0 Å². The number of aromatic nitrogens is 1. The Bertz CT molecular complexity index is 282. The average Bonchev–Trinajstić information content (AvgIpc) is 2.66. The molecule has 0 saturated carbocycles. The van der Waals surface area contributed by atoms with Gasteiger partial charge in [-0.2, -0.15) is 0 Å². The van der Waals surface area contributed by atoms with Crippen LogP contribution in [0.1, 0.15) is 24.3 Å². The Morgan fingerprint density at radius 2 is 2.36 bits per heavy atom. The van der Waals surface area contributed by atoms with Gasteiger partial charge in [0.2, 0.25) is 0 Å². The zero-order valence-corrected chi connectivity index (χ0v) is 9.17. The van der Waals surface area contributed by atoms with E-state index in [4.69, 9.17) is 0 Å². The molecule has 2 atom stereocenters. The van der Waals surface area contributed by atoms with E-state index in [1.807, 2.05) is 6.92 Å². The number of nitrogens with one attached hydrogen (secondary N) is 1. The van der Waals surface area contributed by atoms with Crippen LogP contribution in [-0.4, -0.2) is 33.0 Å². The minimum atomic E-state index is -0.378. The molecule has 3 nitrogen and oxygen atoms in total. The van der Waals surface area contributed by atoms with Gasteiger partial charge in [-0.1, -0.05) is 6.92 Å². The highest BCUT2D eigenvalue weighted by Gasteiger charge is 2.12. The third-order valence-electron chi connectivity index (χ3n) is 2.06. The van der Waals surface area contributed by atoms with Crippen molar-refractivity contribution in [3.8, 4) is 0 Å². The van der Waals surface area contributed by atoms with Crippen molar-refractivity contribution in [2.24, 2.45) is 0 Å². The van der Waals surface area contributed by atoms with Gasteiger partial charge >= 0.3 is 0 Å². The number of hydrogen-bond acceptors (Lipinski definition) is 3. The molecule has 0 saturated heterocycles. The lowest BCUT2D eigenvalue weighted by Crippen LogP contribution is -2.17. The molecule has 0 aliphatic carbocycles. The standard InChI is InChI=1S/C10H15NO2S/c1-7(12)8(2)14-6-10(13)9-4-3-5-11-9/h3-5,7-8,11-12H,6H2,1-2H3. The van der Waals surface area contributed by atoms with Gasteiger partial charge in [0.05, 0.1) is 17.6 Å². The third kappa shape index (κ3) is 3.20. The average molecular weight is 213 g/mol. The molecular formula is C10H15NO2S. The number of rotatable bonds is 5. The number of carbonyl (C=O) groups is 1. The van der Waals surface area contributed by atoms with E-state index in [9.17, 15) is 9.90 Å². The Morgan fingerprint density at radius 3 is 2.86 bits per heavy atom. The minimum Gasteiger partial charge on any atom is -0.392 e.